The lowest BCUT2D eigenvalue weighted by Gasteiger charge is -2.49. The van der Waals surface area contributed by atoms with Crippen molar-refractivity contribution in [3.05, 3.63) is 59.7 Å². The Morgan fingerprint density at radius 1 is 1.00 bits per heavy atom. The lowest BCUT2D eigenvalue weighted by atomic mass is 9.90. The first-order chi connectivity index (χ1) is 10.1. The summed E-state index contributed by atoms with van der Waals surface area (Å²) in [6.07, 6.45) is 0. The van der Waals surface area contributed by atoms with Crippen LogP contribution in [0.4, 0.5) is 11.4 Å². The number of hydrogen-bond acceptors (Lipinski definition) is 5. The van der Waals surface area contributed by atoms with Crippen LogP contribution in [0.25, 0.3) is 0 Å². The van der Waals surface area contributed by atoms with Gasteiger partial charge in [0.15, 0.2) is 0 Å². The minimum atomic E-state index is -3.46. The molecular formula is C15H14NO4P. The van der Waals surface area contributed by atoms with Gasteiger partial charge in [-0.25, -0.2) is 13.6 Å². The average molecular weight is 303 g/mol. The summed E-state index contributed by atoms with van der Waals surface area (Å²) in [5, 5.41) is 0. The number of fused-ring (bicyclic) bond motifs is 4. The molecule has 0 bridgehead atoms. The number of rotatable bonds is 1. The Morgan fingerprint density at radius 3 is 1.95 bits per heavy atom. The van der Waals surface area contributed by atoms with Crippen LogP contribution in [-0.4, -0.2) is 14.2 Å². The van der Waals surface area contributed by atoms with Crippen LogP contribution in [0.1, 0.15) is 11.1 Å². The molecule has 5 nitrogen and oxygen atoms in total. The lowest BCUT2D eigenvalue weighted by Crippen LogP contribution is -2.45. The van der Waals surface area contributed by atoms with Gasteiger partial charge in [0.25, 0.3) is 0 Å². The molecule has 6 heteroatoms. The van der Waals surface area contributed by atoms with Crippen LogP contribution in [0.3, 0.4) is 0 Å². The molecule has 1 spiro atoms. The second-order valence-corrected chi connectivity index (χ2v) is 6.65. The SMILES string of the molecule is COP1(=O)OC2(O1)c1ccccc1N(C)c1ccccc12. The zero-order valence-corrected chi connectivity index (χ0v) is 12.5. The van der Waals surface area contributed by atoms with Gasteiger partial charge in [-0.15, -0.1) is 0 Å². The van der Waals surface area contributed by atoms with Crippen molar-refractivity contribution < 1.29 is 18.1 Å². The van der Waals surface area contributed by atoms with Gasteiger partial charge in [0.05, 0.1) is 0 Å². The normalized spacial score (nSPS) is 20.6. The first-order valence-corrected chi connectivity index (χ1v) is 8.06. The molecule has 0 radical (unpaired) electrons. The summed E-state index contributed by atoms with van der Waals surface area (Å²) in [5.41, 5.74) is 3.57. The zero-order valence-electron chi connectivity index (χ0n) is 11.6. The molecule has 0 amide bonds. The molecule has 2 aliphatic heterocycles. The number of hydrogen-bond donors (Lipinski definition) is 0. The van der Waals surface area contributed by atoms with Crippen molar-refractivity contribution in [3.8, 4) is 0 Å². The molecule has 0 unspecified atom stereocenters. The predicted molar refractivity (Wildman–Crippen MR) is 78.5 cm³/mol. The second-order valence-electron chi connectivity index (χ2n) is 5.02. The first kappa shape index (κ1) is 13.0. The number of phosphoric acid groups is 1. The number of nitrogens with zero attached hydrogens (tertiary/aromatic N) is 1. The van der Waals surface area contributed by atoms with E-state index in [1.807, 2.05) is 55.6 Å². The zero-order chi connectivity index (χ0) is 14.7. The quantitative estimate of drug-likeness (QED) is 0.751. The molecule has 2 aliphatic rings. The molecule has 1 saturated heterocycles. The van der Waals surface area contributed by atoms with Crippen LogP contribution in [-0.2, 0) is 23.9 Å². The molecule has 2 aromatic rings. The van der Waals surface area contributed by atoms with Gasteiger partial charge in [0, 0.05) is 36.7 Å². The fourth-order valence-electron chi connectivity index (χ4n) is 2.96. The third-order valence-electron chi connectivity index (χ3n) is 3.94. The fourth-order valence-corrected chi connectivity index (χ4v) is 4.14. The molecule has 0 aromatic heterocycles. The summed E-state index contributed by atoms with van der Waals surface area (Å²) in [6, 6.07) is 15.5. The highest BCUT2D eigenvalue weighted by atomic mass is 31.2. The topological polar surface area (TPSA) is 48.0 Å². The van der Waals surface area contributed by atoms with E-state index in [-0.39, 0.29) is 0 Å². The number of benzene rings is 2. The van der Waals surface area contributed by atoms with Crippen molar-refractivity contribution in [3.63, 3.8) is 0 Å². The van der Waals surface area contributed by atoms with Gasteiger partial charge < -0.3 is 4.90 Å². The third kappa shape index (κ3) is 1.60. The molecular weight excluding hydrogens is 289 g/mol. The van der Waals surface area contributed by atoms with E-state index in [9.17, 15) is 4.57 Å². The van der Waals surface area contributed by atoms with Crippen LogP contribution in [0.15, 0.2) is 48.5 Å². The molecule has 0 N–H and O–H groups in total. The van der Waals surface area contributed by atoms with Crippen LogP contribution in [0.5, 0.6) is 0 Å². The number of phosphoric ester groups is 1. The summed E-state index contributed by atoms with van der Waals surface area (Å²) >= 11 is 0. The van der Waals surface area contributed by atoms with E-state index in [0.29, 0.717) is 0 Å². The highest BCUT2D eigenvalue weighted by Crippen LogP contribution is 2.72. The number of para-hydroxylation sites is 2. The Labute approximate surface area is 122 Å². The van der Waals surface area contributed by atoms with Gasteiger partial charge in [0.2, 0.25) is 5.79 Å². The highest BCUT2D eigenvalue weighted by molar-refractivity contribution is 7.49. The molecule has 0 atom stereocenters. The number of anilines is 2. The van der Waals surface area contributed by atoms with Gasteiger partial charge >= 0.3 is 7.82 Å². The van der Waals surface area contributed by atoms with Gasteiger partial charge in [0.1, 0.15) is 0 Å². The van der Waals surface area contributed by atoms with E-state index >= 15 is 0 Å². The molecule has 4 rings (SSSR count). The maximum atomic E-state index is 12.1. The van der Waals surface area contributed by atoms with E-state index in [4.69, 9.17) is 13.6 Å². The van der Waals surface area contributed by atoms with Crippen molar-refractivity contribution in [2.75, 3.05) is 19.1 Å². The molecule has 0 aliphatic carbocycles. The van der Waals surface area contributed by atoms with Crippen LogP contribution in [0, 0.1) is 0 Å². The standard InChI is InChI=1S/C15H14NO4P/c1-16-13-9-5-3-7-11(13)15(19-21(17,18-2)20-15)12-8-4-6-10-14(12)16/h3-10H,1-2H3. The van der Waals surface area contributed by atoms with Gasteiger partial charge in [-0.2, -0.15) is 0 Å². The molecule has 2 aromatic carbocycles. The smallest absolute Gasteiger partial charge is 0.344 e. The first-order valence-electron chi connectivity index (χ1n) is 6.60. The van der Waals surface area contributed by atoms with Crippen LogP contribution in [0.2, 0.25) is 0 Å². The lowest BCUT2D eigenvalue weighted by molar-refractivity contribution is -0.198. The molecule has 1 fully saturated rings. The van der Waals surface area contributed by atoms with E-state index in [1.54, 1.807) is 0 Å². The predicted octanol–water partition coefficient (Wildman–Crippen LogP) is 3.77. The highest BCUT2D eigenvalue weighted by Gasteiger charge is 2.62. The summed E-state index contributed by atoms with van der Waals surface area (Å²) < 4.78 is 28.4. The van der Waals surface area contributed by atoms with Crippen molar-refractivity contribution in [2.45, 2.75) is 5.79 Å². The monoisotopic (exact) mass is 303 g/mol. The minimum Gasteiger partial charge on any atom is -0.344 e. The maximum absolute atomic E-state index is 12.1. The summed E-state index contributed by atoms with van der Waals surface area (Å²) in [6.45, 7) is 0. The molecule has 0 saturated carbocycles. The summed E-state index contributed by atoms with van der Waals surface area (Å²) in [7, 11) is -0.152. The Hall–Kier alpha value is -1.65. The largest absolute Gasteiger partial charge is 0.480 e. The third-order valence-corrected chi connectivity index (χ3v) is 5.35. The van der Waals surface area contributed by atoms with Crippen molar-refractivity contribution in [1.82, 2.24) is 0 Å². The van der Waals surface area contributed by atoms with Crippen molar-refractivity contribution >= 4 is 19.2 Å². The van der Waals surface area contributed by atoms with Crippen LogP contribution >= 0.6 is 7.82 Å². The second kappa shape index (κ2) is 4.18. The van der Waals surface area contributed by atoms with Gasteiger partial charge in [-0.1, -0.05) is 36.4 Å². The Balaban J connectivity index is 1.97. The summed E-state index contributed by atoms with van der Waals surface area (Å²) in [4.78, 5) is 2.07. The Bertz CT molecular complexity index is 716. The van der Waals surface area contributed by atoms with Crippen molar-refractivity contribution in [1.29, 1.82) is 0 Å². The minimum absolute atomic E-state index is 0.828. The van der Waals surface area contributed by atoms with Gasteiger partial charge in [-0.3, -0.25) is 4.52 Å². The van der Waals surface area contributed by atoms with Crippen molar-refractivity contribution in [2.24, 2.45) is 0 Å². The maximum Gasteiger partial charge on any atom is 0.480 e. The van der Waals surface area contributed by atoms with Crippen LogP contribution < -0.4 is 4.90 Å². The molecule has 108 valence electrons. The van der Waals surface area contributed by atoms with E-state index in [1.165, 1.54) is 7.11 Å². The summed E-state index contributed by atoms with van der Waals surface area (Å²) in [5.74, 6) is -1.15. The van der Waals surface area contributed by atoms with E-state index < -0.39 is 13.6 Å². The Morgan fingerprint density at radius 2 is 1.48 bits per heavy atom. The van der Waals surface area contributed by atoms with Gasteiger partial charge in [-0.05, 0) is 12.1 Å². The average Bonchev–Trinajstić information content (AvgIpc) is 2.50. The van der Waals surface area contributed by atoms with E-state index in [0.717, 1.165) is 22.5 Å². The Kier molecular flexibility index (Phi) is 2.60. The van der Waals surface area contributed by atoms with E-state index in [2.05, 4.69) is 4.90 Å². The fraction of sp³-hybridized carbons (Fsp3) is 0.200. The molecule has 21 heavy (non-hydrogen) atoms. The molecule has 2 heterocycles.